The Morgan fingerprint density at radius 3 is 2.69 bits per heavy atom. The second-order valence-electron chi connectivity index (χ2n) is 6.97. The predicted octanol–water partition coefficient (Wildman–Crippen LogP) is 3.50. The summed E-state index contributed by atoms with van der Waals surface area (Å²) in [6, 6.07) is 11.2. The fourth-order valence-electron chi connectivity index (χ4n) is 3.17. The summed E-state index contributed by atoms with van der Waals surface area (Å²) >= 11 is 0. The molecule has 0 radical (unpaired) electrons. The van der Waals surface area contributed by atoms with Gasteiger partial charge in [-0.3, -0.25) is 9.78 Å². The van der Waals surface area contributed by atoms with E-state index in [0.29, 0.717) is 22.5 Å². The van der Waals surface area contributed by atoms with Crippen molar-refractivity contribution in [3.8, 4) is 22.7 Å². The molecule has 0 saturated carbocycles. The molecule has 1 aromatic carbocycles. The quantitative estimate of drug-likeness (QED) is 0.536. The topological polar surface area (TPSA) is 73.1 Å². The average molecular weight is 387 g/mol. The van der Waals surface area contributed by atoms with Crippen LogP contribution in [-0.2, 0) is 0 Å². The highest BCUT2D eigenvalue weighted by Gasteiger charge is 2.17. The molecule has 4 aromatic rings. The van der Waals surface area contributed by atoms with Gasteiger partial charge in [-0.25, -0.2) is 9.67 Å². The predicted molar refractivity (Wildman–Crippen MR) is 111 cm³/mol. The molecular weight excluding hydrogens is 366 g/mol. The molecule has 0 aliphatic rings. The molecule has 0 fully saturated rings. The summed E-state index contributed by atoms with van der Waals surface area (Å²) < 4.78 is 7.10. The summed E-state index contributed by atoms with van der Waals surface area (Å²) in [5.74, 6) is 0.606. The standard InChI is InChI=1S/C22H21N5O2/c1-14-9-16(7-8-23-14)27-13-15(12-24-27)20-11-19(22(28)26(2)3)18-6-5-17(29-4)10-21(18)25-20/h5-13H,1-4H3. The van der Waals surface area contributed by atoms with Gasteiger partial charge < -0.3 is 9.64 Å². The van der Waals surface area contributed by atoms with Gasteiger partial charge in [-0.15, -0.1) is 0 Å². The van der Waals surface area contributed by atoms with Crippen LogP contribution in [0.3, 0.4) is 0 Å². The van der Waals surface area contributed by atoms with Gasteiger partial charge in [0.05, 0.1) is 35.8 Å². The van der Waals surface area contributed by atoms with Crippen molar-refractivity contribution in [3.05, 3.63) is 66.2 Å². The molecule has 29 heavy (non-hydrogen) atoms. The minimum atomic E-state index is -0.0824. The lowest BCUT2D eigenvalue weighted by Gasteiger charge is -2.14. The van der Waals surface area contributed by atoms with E-state index in [-0.39, 0.29) is 5.91 Å². The first-order valence-electron chi connectivity index (χ1n) is 9.15. The van der Waals surface area contributed by atoms with Gasteiger partial charge in [0.1, 0.15) is 5.75 Å². The lowest BCUT2D eigenvalue weighted by Crippen LogP contribution is -2.22. The molecule has 0 bridgehead atoms. The molecule has 0 saturated heterocycles. The van der Waals surface area contributed by atoms with Crippen LogP contribution in [0, 0.1) is 6.92 Å². The maximum atomic E-state index is 12.8. The molecule has 0 unspecified atom stereocenters. The van der Waals surface area contributed by atoms with Crippen LogP contribution in [0.1, 0.15) is 16.1 Å². The number of carbonyl (C=O) groups excluding carboxylic acids is 1. The Morgan fingerprint density at radius 2 is 1.97 bits per heavy atom. The molecule has 7 heteroatoms. The van der Waals surface area contributed by atoms with E-state index in [1.807, 2.05) is 49.5 Å². The summed E-state index contributed by atoms with van der Waals surface area (Å²) in [5.41, 5.74) is 4.60. The number of amides is 1. The lowest BCUT2D eigenvalue weighted by atomic mass is 10.0. The first kappa shape index (κ1) is 18.6. The number of hydrogen-bond acceptors (Lipinski definition) is 5. The van der Waals surface area contributed by atoms with E-state index in [1.54, 1.807) is 43.2 Å². The highest BCUT2D eigenvalue weighted by molar-refractivity contribution is 6.07. The van der Waals surface area contributed by atoms with Crippen molar-refractivity contribution in [1.82, 2.24) is 24.6 Å². The zero-order valence-corrected chi connectivity index (χ0v) is 16.7. The smallest absolute Gasteiger partial charge is 0.254 e. The summed E-state index contributed by atoms with van der Waals surface area (Å²) in [4.78, 5) is 23.3. The minimum absolute atomic E-state index is 0.0824. The van der Waals surface area contributed by atoms with Crippen LogP contribution >= 0.6 is 0 Å². The molecule has 4 rings (SSSR count). The van der Waals surface area contributed by atoms with E-state index in [0.717, 1.165) is 22.3 Å². The van der Waals surface area contributed by atoms with Gasteiger partial charge in [-0.1, -0.05) is 0 Å². The van der Waals surface area contributed by atoms with Crippen molar-refractivity contribution in [3.63, 3.8) is 0 Å². The molecular formula is C22H21N5O2. The van der Waals surface area contributed by atoms with E-state index in [4.69, 9.17) is 9.72 Å². The Kier molecular flexibility index (Phi) is 4.72. The van der Waals surface area contributed by atoms with E-state index >= 15 is 0 Å². The Labute approximate surface area is 168 Å². The van der Waals surface area contributed by atoms with Crippen molar-refractivity contribution in [2.45, 2.75) is 6.92 Å². The number of carbonyl (C=O) groups is 1. The second-order valence-corrected chi connectivity index (χ2v) is 6.97. The van der Waals surface area contributed by atoms with Crippen molar-refractivity contribution < 1.29 is 9.53 Å². The number of pyridine rings is 2. The van der Waals surface area contributed by atoms with Gasteiger partial charge in [-0.05, 0) is 37.3 Å². The number of rotatable bonds is 4. The highest BCUT2D eigenvalue weighted by atomic mass is 16.5. The van der Waals surface area contributed by atoms with E-state index in [9.17, 15) is 4.79 Å². The summed E-state index contributed by atoms with van der Waals surface area (Å²) in [5, 5.41) is 5.24. The van der Waals surface area contributed by atoms with Crippen LogP contribution in [0.5, 0.6) is 5.75 Å². The molecule has 3 heterocycles. The van der Waals surface area contributed by atoms with Crippen LogP contribution < -0.4 is 4.74 Å². The second kappa shape index (κ2) is 7.35. The van der Waals surface area contributed by atoms with Gasteiger partial charge in [0.15, 0.2) is 0 Å². The average Bonchev–Trinajstić information content (AvgIpc) is 3.22. The van der Waals surface area contributed by atoms with Crippen molar-refractivity contribution >= 4 is 16.8 Å². The van der Waals surface area contributed by atoms with Gasteiger partial charge >= 0.3 is 0 Å². The lowest BCUT2D eigenvalue weighted by molar-refractivity contribution is 0.0829. The first-order chi connectivity index (χ1) is 14.0. The van der Waals surface area contributed by atoms with Crippen LogP contribution in [-0.4, -0.2) is 51.8 Å². The third-order valence-corrected chi connectivity index (χ3v) is 4.68. The summed E-state index contributed by atoms with van der Waals surface area (Å²) in [7, 11) is 5.08. The van der Waals surface area contributed by atoms with Crippen LogP contribution in [0.15, 0.2) is 55.0 Å². The SMILES string of the molecule is COc1ccc2c(C(=O)N(C)C)cc(-c3cnn(-c4ccnc(C)c4)c3)nc2c1. The zero-order chi connectivity index (χ0) is 20.5. The monoisotopic (exact) mass is 387 g/mol. The number of aryl methyl sites for hydroxylation is 1. The Bertz CT molecular complexity index is 1210. The van der Waals surface area contributed by atoms with Gasteiger partial charge in [-0.2, -0.15) is 5.10 Å². The molecule has 0 aliphatic heterocycles. The van der Waals surface area contributed by atoms with Gasteiger partial charge in [0.2, 0.25) is 0 Å². The highest BCUT2D eigenvalue weighted by Crippen LogP contribution is 2.28. The van der Waals surface area contributed by atoms with Crippen LogP contribution in [0.4, 0.5) is 0 Å². The fraction of sp³-hybridized carbons (Fsp3) is 0.182. The Hall–Kier alpha value is -3.74. The third kappa shape index (κ3) is 3.54. The number of hydrogen-bond donors (Lipinski definition) is 0. The molecule has 3 aromatic heterocycles. The van der Waals surface area contributed by atoms with Crippen molar-refractivity contribution in [1.29, 1.82) is 0 Å². The van der Waals surface area contributed by atoms with E-state index < -0.39 is 0 Å². The largest absolute Gasteiger partial charge is 0.497 e. The number of ether oxygens (including phenoxy) is 1. The van der Waals surface area contributed by atoms with E-state index in [1.165, 1.54) is 0 Å². The summed E-state index contributed by atoms with van der Waals surface area (Å²) in [6.07, 6.45) is 5.39. The third-order valence-electron chi connectivity index (χ3n) is 4.68. The molecule has 0 spiro atoms. The molecule has 0 N–H and O–H groups in total. The number of fused-ring (bicyclic) bond motifs is 1. The molecule has 0 aliphatic carbocycles. The van der Waals surface area contributed by atoms with Crippen LogP contribution in [0.25, 0.3) is 27.8 Å². The number of methoxy groups -OCH3 is 1. The number of nitrogens with zero attached hydrogens (tertiary/aromatic N) is 5. The Morgan fingerprint density at radius 1 is 1.14 bits per heavy atom. The Balaban J connectivity index is 1.86. The molecule has 1 amide bonds. The first-order valence-corrected chi connectivity index (χ1v) is 9.15. The summed E-state index contributed by atoms with van der Waals surface area (Å²) in [6.45, 7) is 1.94. The normalized spacial score (nSPS) is 10.9. The molecule has 146 valence electrons. The molecule has 7 nitrogen and oxygen atoms in total. The minimum Gasteiger partial charge on any atom is -0.497 e. The van der Waals surface area contributed by atoms with Gasteiger partial charge in [0.25, 0.3) is 5.91 Å². The van der Waals surface area contributed by atoms with Crippen molar-refractivity contribution in [2.75, 3.05) is 21.2 Å². The number of benzene rings is 1. The fourth-order valence-corrected chi connectivity index (χ4v) is 3.17. The van der Waals surface area contributed by atoms with Crippen LogP contribution in [0.2, 0.25) is 0 Å². The molecule has 0 atom stereocenters. The van der Waals surface area contributed by atoms with Gasteiger partial charge in [0, 0.05) is 49.2 Å². The number of aromatic nitrogens is 4. The maximum Gasteiger partial charge on any atom is 0.254 e. The zero-order valence-electron chi connectivity index (χ0n) is 16.7. The van der Waals surface area contributed by atoms with E-state index in [2.05, 4.69) is 10.1 Å². The maximum absolute atomic E-state index is 12.8. The van der Waals surface area contributed by atoms with Crippen molar-refractivity contribution in [2.24, 2.45) is 0 Å².